The van der Waals surface area contributed by atoms with E-state index >= 15 is 0 Å². The molecule has 0 saturated carbocycles. The van der Waals surface area contributed by atoms with Gasteiger partial charge in [-0.25, -0.2) is 0 Å². The number of rotatable bonds is 7. The molecule has 0 aromatic rings. The van der Waals surface area contributed by atoms with Crippen LogP contribution in [0.15, 0.2) is 0 Å². The van der Waals surface area contributed by atoms with Crippen LogP contribution < -0.4 is 10.6 Å². The first-order chi connectivity index (χ1) is 10.2. The summed E-state index contributed by atoms with van der Waals surface area (Å²) in [6.07, 6.45) is 4.57. The van der Waals surface area contributed by atoms with Crippen molar-refractivity contribution < 1.29 is 9.53 Å². The Morgan fingerprint density at radius 2 is 2.29 bits per heavy atom. The Balaban J connectivity index is 1.67. The molecule has 5 heteroatoms. The highest BCUT2D eigenvalue weighted by Crippen LogP contribution is 2.17. The average Bonchev–Trinajstić information content (AvgIpc) is 2.99. The number of nitrogens with one attached hydrogen (secondary N) is 2. The molecule has 2 heterocycles. The smallest absolute Gasteiger partial charge is 0.237 e. The first kappa shape index (κ1) is 16.7. The van der Waals surface area contributed by atoms with E-state index in [-0.39, 0.29) is 11.9 Å². The Morgan fingerprint density at radius 1 is 1.43 bits per heavy atom. The third-order valence-corrected chi connectivity index (χ3v) is 4.57. The van der Waals surface area contributed by atoms with E-state index in [4.69, 9.17) is 4.74 Å². The summed E-state index contributed by atoms with van der Waals surface area (Å²) in [5.41, 5.74) is 0. The highest BCUT2D eigenvalue weighted by Gasteiger charge is 2.25. The lowest BCUT2D eigenvalue weighted by Crippen LogP contribution is -2.46. The number of hydrogen-bond donors (Lipinski definition) is 2. The molecule has 2 aliphatic rings. The van der Waals surface area contributed by atoms with Gasteiger partial charge in [0.2, 0.25) is 5.91 Å². The normalized spacial score (nSPS) is 28.5. The van der Waals surface area contributed by atoms with Crippen LogP contribution in [0, 0.1) is 11.8 Å². The summed E-state index contributed by atoms with van der Waals surface area (Å²) in [6, 6.07) is 0.0476. The van der Waals surface area contributed by atoms with E-state index in [1.807, 2.05) is 0 Å². The predicted molar refractivity (Wildman–Crippen MR) is 84.2 cm³/mol. The lowest BCUT2D eigenvalue weighted by molar-refractivity contribution is -0.123. The summed E-state index contributed by atoms with van der Waals surface area (Å²) >= 11 is 0. The fraction of sp³-hybridized carbons (Fsp3) is 0.938. The minimum absolute atomic E-state index is 0.0476. The van der Waals surface area contributed by atoms with Gasteiger partial charge in [0.1, 0.15) is 0 Å². The molecule has 0 aliphatic carbocycles. The fourth-order valence-corrected chi connectivity index (χ4v) is 3.54. The van der Waals surface area contributed by atoms with Crippen LogP contribution in [0.2, 0.25) is 0 Å². The third kappa shape index (κ3) is 5.57. The van der Waals surface area contributed by atoms with Crippen LogP contribution in [-0.2, 0) is 9.53 Å². The molecule has 5 nitrogen and oxygen atoms in total. The molecule has 21 heavy (non-hydrogen) atoms. The van der Waals surface area contributed by atoms with Gasteiger partial charge in [-0.15, -0.1) is 0 Å². The number of ether oxygens (including phenoxy) is 1. The van der Waals surface area contributed by atoms with Crippen molar-refractivity contribution in [2.45, 2.75) is 38.6 Å². The Morgan fingerprint density at radius 3 is 3.00 bits per heavy atom. The van der Waals surface area contributed by atoms with E-state index in [0.717, 1.165) is 45.6 Å². The van der Waals surface area contributed by atoms with Gasteiger partial charge >= 0.3 is 0 Å². The number of amides is 1. The second-order valence-electron chi connectivity index (χ2n) is 6.72. The highest BCUT2D eigenvalue weighted by atomic mass is 16.5. The molecule has 2 aliphatic heterocycles. The van der Waals surface area contributed by atoms with Gasteiger partial charge in [-0.2, -0.15) is 0 Å². The molecule has 0 bridgehead atoms. The first-order valence-corrected chi connectivity index (χ1v) is 8.41. The monoisotopic (exact) mass is 297 g/mol. The van der Waals surface area contributed by atoms with Crippen molar-refractivity contribution in [2.24, 2.45) is 11.8 Å². The summed E-state index contributed by atoms with van der Waals surface area (Å²) in [6.45, 7) is 8.25. The Hall–Kier alpha value is -0.650. The molecule has 1 amide bonds. The average molecular weight is 297 g/mol. The summed E-state index contributed by atoms with van der Waals surface area (Å²) in [4.78, 5) is 14.6. The molecule has 2 saturated heterocycles. The molecular weight excluding hydrogens is 266 g/mol. The molecule has 0 radical (unpaired) electrons. The maximum absolute atomic E-state index is 12.0. The number of piperidine rings is 1. The second kappa shape index (κ2) is 8.71. The number of carbonyl (C=O) groups excluding carboxylic acids is 1. The van der Waals surface area contributed by atoms with Gasteiger partial charge < -0.3 is 20.3 Å². The summed E-state index contributed by atoms with van der Waals surface area (Å²) < 4.78 is 5.22. The Bertz CT molecular complexity index is 319. The third-order valence-electron chi connectivity index (χ3n) is 4.57. The zero-order valence-corrected chi connectivity index (χ0v) is 13.6. The fourth-order valence-electron chi connectivity index (χ4n) is 3.54. The minimum Gasteiger partial charge on any atom is -0.384 e. The second-order valence-corrected chi connectivity index (χ2v) is 6.72. The van der Waals surface area contributed by atoms with Crippen LogP contribution in [0.3, 0.4) is 0 Å². The summed E-state index contributed by atoms with van der Waals surface area (Å²) in [5, 5.41) is 6.40. The van der Waals surface area contributed by atoms with Gasteiger partial charge in [0.25, 0.3) is 0 Å². The van der Waals surface area contributed by atoms with Crippen molar-refractivity contribution in [1.29, 1.82) is 0 Å². The molecule has 0 aromatic heterocycles. The van der Waals surface area contributed by atoms with Gasteiger partial charge in [-0.3, -0.25) is 4.79 Å². The van der Waals surface area contributed by atoms with Crippen molar-refractivity contribution in [1.82, 2.24) is 15.5 Å². The number of methoxy groups -OCH3 is 1. The Labute approximate surface area is 128 Å². The van der Waals surface area contributed by atoms with E-state index in [9.17, 15) is 4.79 Å². The molecule has 3 atom stereocenters. The van der Waals surface area contributed by atoms with Gasteiger partial charge in [0.15, 0.2) is 0 Å². The molecule has 2 fully saturated rings. The maximum Gasteiger partial charge on any atom is 0.237 e. The predicted octanol–water partition coefficient (Wildman–Crippen LogP) is 0.849. The largest absolute Gasteiger partial charge is 0.384 e. The van der Waals surface area contributed by atoms with Crippen molar-refractivity contribution >= 4 is 5.91 Å². The van der Waals surface area contributed by atoms with Crippen molar-refractivity contribution in [3.63, 3.8) is 0 Å². The van der Waals surface area contributed by atoms with Crippen molar-refractivity contribution in [3.05, 3.63) is 0 Å². The molecule has 0 spiro atoms. The number of hydrogen-bond acceptors (Lipinski definition) is 4. The topological polar surface area (TPSA) is 53.6 Å². The standard InChI is InChI=1S/C16H31N3O2/c1-13(12-21-2)10-19-8-4-5-14(11-19)9-18-16(20)15-6-3-7-17-15/h13-15,17H,3-12H2,1-2H3,(H,18,20). The van der Waals surface area contributed by atoms with E-state index in [2.05, 4.69) is 22.5 Å². The van der Waals surface area contributed by atoms with Crippen LogP contribution in [0.4, 0.5) is 0 Å². The van der Waals surface area contributed by atoms with Crippen molar-refractivity contribution in [2.75, 3.05) is 46.4 Å². The SMILES string of the molecule is COCC(C)CN1CCCC(CNC(=O)C2CCCN2)C1. The summed E-state index contributed by atoms with van der Waals surface area (Å²) in [7, 11) is 1.77. The van der Waals surface area contributed by atoms with Crippen LogP contribution in [0.25, 0.3) is 0 Å². The molecule has 0 aromatic carbocycles. The van der Waals surface area contributed by atoms with E-state index < -0.39 is 0 Å². The van der Waals surface area contributed by atoms with Gasteiger partial charge in [-0.05, 0) is 50.6 Å². The lowest BCUT2D eigenvalue weighted by Gasteiger charge is -2.34. The van der Waals surface area contributed by atoms with Crippen molar-refractivity contribution in [3.8, 4) is 0 Å². The number of carbonyl (C=O) groups is 1. The maximum atomic E-state index is 12.0. The van der Waals surface area contributed by atoms with Crippen LogP contribution >= 0.6 is 0 Å². The molecular formula is C16H31N3O2. The van der Waals surface area contributed by atoms with E-state index in [1.54, 1.807) is 7.11 Å². The van der Waals surface area contributed by atoms with Gasteiger partial charge in [-0.1, -0.05) is 6.92 Å². The molecule has 2 N–H and O–H groups in total. The molecule has 2 rings (SSSR count). The molecule has 3 unspecified atom stereocenters. The van der Waals surface area contributed by atoms with E-state index in [1.165, 1.54) is 19.4 Å². The van der Waals surface area contributed by atoms with Gasteiger partial charge in [0.05, 0.1) is 6.04 Å². The van der Waals surface area contributed by atoms with Crippen LogP contribution in [-0.4, -0.2) is 63.3 Å². The first-order valence-electron chi connectivity index (χ1n) is 8.41. The summed E-state index contributed by atoms with van der Waals surface area (Å²) in [5.74, 6) is 1.36. The zero-order chi connectivity index (χ0) is 15.1. The zero-order valence-electron chi connectivity index (χ0n) is 13.6. The van der Waals surface area contributed by atoms with Gasteiger partial charge in [0, 0.05) is 33.4 Å². The lowest BCUT2D eigenvalue weighted by atomic mass is 9.97. The number of nitrogens with zero attached hydrogens (tertiary/aromatic N) is 1. The van der Waals surface area contributed by atoms with E-state index in [0.29, 0.717) is 11.8 Å². The minimum atomic E-state index is 0.0476. The van der Waals surface area contributed by atoms with Crippen LogP contribution in [0.5, 0.6) is 0 Å². The number of likely N-dealkylation sites (tertiary alicyclic amines) is 1. The molecule has 122 valence electrons. The quantitative estimate of drug-likeness (QED) is 0.731. The Kier molecular flexibility index (Phi) is 6.93. The highest BCUT2D eigenvalue weighted by molar-refractivity contribution is 5.81. The van der Waals surface area contributed by atoms with Crippen LogP contribution in [0.1, 0.15) is 32.6 Å².